The third kappa shape index (κ3) is 15.1. The van der Waals surface area contributed by atoms with Crippen molar-refractivity contribution >= 4 is 59.1 Å². The normalized spacial score (nSPS) is 25.4. The van der Waals surface area contributed by atoms with E-state index in [1.165, 1.54) is 39.0 Å². The quantitative estimate of drug-likeness (QED) is 0.146. The Morgan fingerprint density at radius 3 is 1.68 bits per heavy atom. The van der Waals surface area contributed by atoms with E-state index in [2.05, 4.69) is 154 Å². The third-order valence-corrected chi connectivity index (χ3v) is 8.33. The minimum atomic E-state index is -0.331. The zero-order chi connectivity index (χ0) is 31.5. The van der Waals surface area contributed by atoms with Gasteiger partial charge in [0.1, 0.15) is 0 Å². The van der Waals surface area contributed by atoms with Gasteiger partial charge >= 0.3 is 59.1 Å². The average molecular weight is 617 g/mol. The van der Waals surface area contributed by atoms with Crippen molar-refractivity contribution in [2.75, 3.05) is 0 Å². The first kappa shape index (κ1) is 43.1. The van der Waals surface area contributed by atoms with Crippen LogP contribution in [0.2, 0.25) is 0 Å². The second-order valence-electron chi connectivity index (χ2n) is 13.7. The zero-order valence-electron chi connectivity index (χ0n) is 27.9. The van der Waals surface area contributed by atoms with Crippen molar-refractivity contribution in [3.63, 3.8) is 0 Å². The zero-order valence-corrected chi connectivity index (χ0v) is 27.9. The molecule has 0 spiro atoms. The molecule has 0 aromatic carbocycles. The third-order valence-electron chi connectivity index (χ3n) is 8.33. The van der Waals surface area contributed by atoms with Gasteiger partial charge in [0.05, 0.1) is 12.2 Å². The van der Waals surface area contributed by atoms with Crippen LogP contribution in [0.1, 0.15) is 88.5 Å². The molecule has 0 saturated carbocycles. The number of hydrogen-bond acceptors (Lipinski definition) is 2. The molecule has 0 bridgehead atoms. The van der Waals surface area contributed by atoms with Crippen LogP contribution in [0.15, 0.2) is 130 Å². The van der Waals surface area contributed by atoms with Crippen LogP contribution >= 0.6 is 0 Å². The van der Waals surface area contributed by atoms with Crippen LogP contribution in [0.25, 0.3) is 0 Å². The van der Waals surface area contributed by atoms with Gasteiger partial charge in [-0.15, -0.1) is 0 Å². The summed E-state index contributed by atoms with van der Waals surface area (Å²) < 4.78 is 0. The second kappa shape index (κ2) is 20.3. The van der Waals surface area contributed by atoms with Gasteiger partial charge in [0.2, 0.25) is 0 Å². The fraction of sp³-hybridized carbons (Fsp3) is 0.450. The fourth-order valence-electron chi connectivity index (χ4n) is 6.14. The maximum absolute atomic E-state index is 10.1. The van der Waals surface area contributed by atoms with E-state index in [1.807, 2.05) is 6.08 Å². The molecule has 0 amide bonds. The Morgan fingerprint density at radius 2 is 1.18 bits per heavy atom. The summed E-state index contributed by atoms with van der Waals surface area (Å²) in [6.07, 6.45) is 33.8. The topological polar surface area (TPSA) is 40.5 Å². The van der Waals surface area contributed by atoms with E-state index in [9.17, 15) is 10.2 Å². The first-order valence-corrected chi connectivity index (χ1v) is 15.4. The minimum absolute atomic E-state index is 0. The van der Waals surface area contributed by atoms with Crippen LogP contribution in [0, 0.1) is 16.7 Å². The molecule has 44 heavy (non-hydrogen) atoms. The van der Waals surface area contributed by atoms with Crippen molar-refractivity contribution in [3.8, 4) is 0 Å². The van der Waals surface area contributed by atoms with Crippen LogP contribution in [-0.4, -0.2) is 81.5 Å². The van der Waals surface area contributed by atoms with Gasteiger partial charge in [0.15, 0.2) is 0 Å². The number of rotatable bonds is 10. The van der Waals surface area contributed by atoms with Gasteiger partial charge in [-0.3, -0.25) is 0 Å². The van der Waals surface area contributed by atoms with Crippen molar-refractivity contribution in [2.24, 2.45) is 16.7 Å². The molecule has 3 atom stereocenters. The van der Waals surface area contributed by atoms with E-state index < -0.39 is 0 Å². The average Bonchev–Trinajstić information content (AvgIpc) is 2.84. The number of aliphatic hydroxyl groups is 2. The molecule has 4 heteroatoms. The van der Waals surface area contributed by atoms with Crippen molar-refractivity contribution in [1.29, 1.82) is 0 Å². The van der Waals surface area contributed by atoms with E-state index >= 15 is 0 Å². The van der Waals surface area contributed by atoms with Crippen molar-refractivity contribution in [3.05, 3.63) is 130 Å². The van der Waals surface area contributed by atoms with Crippen LogP contribution in [-0.2, 0) is 0 Å². The number of allylic oxidation sites excluding steroid dienone is 20. The van der Waals surface area contributed by atoms with Crippen LogP contribution < -0.4 is 0 Å². The molecule has 232 valence electrons. The molecule has 2 N–H and O–H groups in total. The van der Waals surface area contributed by atoms with Crippen LogP contribution in [0.4, 0.5) is 0 Å². The van der Waals surface area contributed by atoms with E-state index in [0.717, 1.165) is 19.3 Å². The van der Waals surface area contributed by atoms with Gasteiger partial charge in [-0.25, -0.2) is 0 Å². The summed E-state index contributed by atoms with van der Waals surface area (Å²) in [6, 6.07) is 0. The van der Waals surface area contributed by atoms with Crippen molar-refractivity contribution < 1.29 is 10.2 Å². The van der Waals surface area contributed by atoms with E-state index in [1.54, 1.807) is 0 Å². The summed E-state index contributed by atoms with van der Waals surface area (Å²) in [5.41, 5.74) is 8.73. The molecule has 0 aromatic heterocycles. The summed E-state index contributed by atoms with van der Waals surface area (Å²) in [7, 11) is 0. The maximum atomic E-state index is 10.1. The molecule has 0 aromatic rings. The number of aliphatic hydroxyl groups excluding tert-OH is 2. The summed E-state index contributed by atoms with van der Waals surface area (Å²) in [5, 5.41) is 20.2. The molecular formula is C40H58Na2O2. The molecule has 2 aliphatic rings. The Hall–Kier alpha value is -0.940. The summed E-state index contributed by atoms with van der Waals surface area (Å²) in [6.45, 7) is 21.6. The number of hydrogen-bond donors (Lipinski definition) is 2. The van der Waals surface area contributed by atoms with E-state index in [0.29, 0.717) is 5.92 Å². The Labute approximate surface area is 314 Å². The van der Waals surface area contributed by atoms with Gasteiger partial charge in [0.25, 0.3) is 0 Å². The monoisotopic (exact) mass is 616 g/mol. The SMILES string of the molecule is CC1=C[C@H](O)CC(C)(C)[C@H]1/C=C/C(C)=C/C=C/C(C)=C/C=C/C=C(C)/C=C/C=C(C)/C=C/C1=C(C)C[C@@H](O)CC1(C)C.[NaH].[NaH]. The van der Waals surface area contributed by atoms with Gasteiger partial charge in [0, 0.05) is 5.92 Å². The Kier molecular flexibility index (Phi) is 19.9. The predicted molar refractivity (Wildman–Crippen MR) is 198 cm³/mol. The van der Waals surface area contributed by atoms with E-state index in [-0.39, 0.29) is 82.2 Å². The first-order chi connectivity index (χ1) is 19.6. The molecular weight excluding hydrogens is 558 g/mol. The van der Waals surface area contributed by atoms with Crippen LogP contribution in [0.5, 0.6) is 0 Å². The molecule has 0 unspecified atom stereocenters. The predicted octanol–water partition coefficient (Wildman–Crippen LogP) is 9.11. The molecule has 0 heterocycles. The van der Waals surface area contributed by atoms with Crippen LogP contribution in [0.3, 0.4) is 0 Å². The van der Waals surface area contributed by atoms with Gasteiger partial charge in [-0.05, 0) is 77.2 Å². The molecule has 2 aliphatic carbocycles. The van der Waals surface area contributed by atoms with Gasteiger partial charge in [-0.2, -0.15) is 0 Å². The van der Waals surface area contributed by atoms with E-state index in [4.69, 9.17) is 0 Å². The summed E-state index contributed by atoms with van der Waals surface area (Å²) >= 11 is 0. The molecule has 2 nitrogen and oxygen atoms in total. The van der Waals surface area contributed by atoms with Crippen molar-refractivity contribution in [1.82, 2.24) is 0 Å². The Balaban J connectivity index is 0.00000924. The van der Waals surface area contributed by atoms with Gasteiger partial charge in [-0.1, -0.05) is 152 Å². The van der Waals surface area contributed by atoms with Crippen molar-refractivity contribution in [2.45, 2.75) is 101 Å². The Morgan fingerprint density at radius 1 is 0.705 bits per heavy atom. The molecule has 0 saturated heterocycles. The molecule has 0 radical (unpaired) electrons. The summed E-state index contributed by atoms with van der Waals surface area (Å²) in [4.78, 5) is 0. The Bertz CT molecular complexity index is 1290. The van der Waals surface area contributed by atoms with Gasteiger partial charge < -0.3 is 10.2 Å². The molecule has 0 fully saturated rings. The molecule has 2 rings (SSSR count). The summed E-state index contributed by atoms with van der Waals surface area (Å²) in [5.74, 6) is 0.348. The molecule has 0 aliphatic heterocycles. The standard InChI is InChI=1S/C40H56O2.2Na.2H/c1-29(17-13-19-31(3)21-23-37-33(5)25-35(41)27-39(37,7)8)15-11-12-16-30(2)18-14-20-32(4)22-24-38-34(6)26-36(42)28-40(38,9)10;;;;/h11-25,35-37,41-42H,26-28H2,1-10H3;;;;/b12-11+,17-13+,18-14+,23-21+,24-22+,29-15+,30-16+,31-19+,32-20+;;;;/t35-,36+,37-;;;;/m0..../s1. The second-order valence-corrected chi connectivity index (χ2v) is 13.7. The fourth-order valence-corrected chi connectivity index (χ4v) is 6.14. The first-order valence-electron chi connectivity index (χ1n) is 15.4.